The molecule has 2 aromatic rings. The molecule has 170 valence electrons. The van der Waals surface area contributed by atoms with Crippen LogP contribution in [0.25, 0.3) is 0 Å². The van der Waals surface area contributed by atoms with Gasteiger partial charge in [-0.25, -0.2) is 4.39 Å². The number of hydrogen-bond donors (Lipinski definition) is 3. The third kappa shape index (κ3) is 8.27. The van der Waals surface area contributed by atoms with E-state index in [4.69, 9.17) is 9.47 Å². The smallest absolute Gasteiger partial charge is 0.191 e. The van der Waals surface area contributed by atoms with Crippen molar-refractivity contribution in [1.82, 2.24) is 10.6 Å². The monoisotopic (exact) mass is 543 g/mol. The van der Waals surface area contributed by atoms with E-state index in [1.165, 1.54) is 6.07 Å². The van der Waals surface area contributed by atoms with Gasteiger partial charge >= 0.3 is 0 Å². The SMILES string of the molecule is CCNC(=NCC1(O)CCOCC1)NCCc1ccc(Oc2ccccc2)c(F)c1.I. The van der Waals surface area contributed by atoms with Crippen LogP contribution < -0.4 is 15.4 Å². The first-order valence-electron chi connectivity index (χ1n) is 10.4. The average molecular weight is 543 g/mol. The van der Waals surface area contributed by atoms with Gasteiger partial charge in [-0.2, -0.15) is 0 Å². The van der Waals surface area contributed by atoms with Crippen LogP contribution in [-0.4, -0.2) is 49.5 Å². The van der Waals surface area contributed by atoms with E-state index in [0.717, 1.165) is 5.56 Å². The molecule has 1 aliphatic rings. The Morgan fingerprint density at radius 3 is 2.58 bits per heavy atom. The van der Waals surface area contributed by atoms with Crippen LogP contribution in [0.3, 0.4) is 0 Å². The summed E-state index contributed by atoms with van der Waals surface area (Å²) >= 11 is 0. The Hall–Kier alpha value is -1.91. The van der Waals surface area contributed by atoms with Crippen LogP contribution in [0.15, 0.2) is 53.5 Å². The molecule has 0 radical (unpaired) electrons. The fraction of sp³-hybridized carbons (Fsp3) is 0.435. The van der Waals surface area contributed by atoms with E-state index in [-0.39, 0.29) is 29.7 Å². The Morgan fingerprint density at radius 1 is 1.16 bits per heavy atom. The lowest BCUT2D eigenvalue weighted by molar-refractivity contribution is -0.0565. The average Bonchev–Trinajstić information content (AvgIpc) is 2.75. The van der Waals surface area contributed by atoms with E-state index in [2.05, 4.69) is 15.6 Å². The molecule has 1 fully saturated rings. The van der Waals surface area contributed by atoms with Crippen LogP contribution >= 0.6 is 24.0 Å². The van der Waals surface area contributed by atoms with E-state index in [9.17, 15) is 9.50 Å². The lowest BCUT2D eigenvalue weighted by Gasteiger charge is -2.30. The molecule has 3 rings (SSSR count). The standard InChI is InChI=1S/C23H30FN3O3.HI/c1-2-25-22(27-17-23(28)11-14-29-15-12-23)26-13-10-18-8-9-21(20(24)16-18)30-19-6-4-3-5-7-19;/h3-9,16,28H,2,10-15,17H2,1H3,(H2,25,26,27);1H. The molecule has 0 amide bonds. The fourth-order valence-corrected chi connectivity index (χ4v) is 3.20. The van der Waals surface area contributed by atoms with Crippen molar-refractivity contribution in [2.45, 2.75) is 31.8 Å². The molecule has 0 aliphatic carbocycles. The van der Waals surface area contributed by atoms with Crippen molar-refractivity contribution in [1.29, 1.82) is 0 Å². The van der Waals surface area contributed by atoms with Crippen molar-refractivity contribution in [3.8, 4) is 11.5 Å². The van der Waals surface area contributed by atoms with Crippen LogP contribution in [0, 0.1) is 5.82 Å². The molecule has 0 atom stereocenters. The van der Waals surface area contributed by atoms with E-state index in [0.29, 0.717) is 63.8 Å². The molecule has 0 saturated carbocycles. The van der Waals surface area contributed by atoms with Crippen LogP contribution in [0.1, 0.15) is 25.3 Å². The number of rotatable bonds is 8. The lowest BCUT2D eigenvalue weighted by Crippen LogP contribution is -2.43. The summed E-state index contributed by atoms with van der Waals surface area (Å²) in [6, 6.07) is 14.2. The van der Waals surface area contributed by atoms with Crippen molar-refractivity contribution in [2.75, 3.05) is 32.8 Å². The first-order chi connectivity index (χ1) is 14.6. The Balaban J connectivity index is 0.00000341. The van der Waals surface area contributed by atoms with Gasteiger partial charge in [-0.15, -0.1) is 24.0 Å². The predicted octanol–water partition coefficient (Wildman–Crippen LogP) is 3.88. The molecule has 1 saturated heterocycles. The molecule has 1 heterocycles. The lowest BCUT2D eigenvalue weighted by atomic mass is 9.95. The largest absolute Gasteiger partial charge is 0.454 e. The predicted molar refractivity (Wildman–Crippen MR) is 131 cm³/mol. The quantitative estimate of drug-likeness (QED) is 0.268. The number of halogens is 2. The Morgan fingerprint density at radius 2 is 1.90 bits per heavy atom. The van der Waals surface area contributed by atoms with Crippen molar-refractivity contribution in [3.05, 3.63) is 59.9 Å². The maximum Gasteiger partial charge on any atom is 0.191 e. The maximum absolute atomic E-state index is 14.4. The molecular weight excluding hydrogens is 512 g/mol. The van der Waals surface area contributed by atoms with E-state index < -0.39 is 11.4 Å². The van der Waals surface area contributed by atoms with Crippen molar-refractivity contribution in [3.63, 3.8) is 0 Å². The highest BCUT2D eigenvalue weighted by molar-refractivity contribution is 14.0. The molecule has 6 nitrogen and oxygen atoms in total. The van der Waals surface area contributed by atoms with Crippen molar-refractivity contribution >= 4 is 29.9 Å². The highest BCUT2D eigenvalue weighted by Crippen LogP contribution is 2.25. The zero-order chi connectivity index (χ0) is 21.2. The van der Waals surface area contributed by atoms with Gasteiger partial charge < -0.3 is 25.2 Å². The van der Waals surface area contributed by atoms with E-state index >= 15 is 0 Å². The van der Waals surface area contributed by atoms with Gasteiger partial charge in [-0.1, -0.05) is 24.3 Å². The molecule has 8 heteroatoms. The summed E-state index contributed by atoms with van der Waals surface area (Å²) in [5, 5.41) is 17.0. The number of guanidine groups is 1. The summed E-state index contributed by atoms with van der Waals surface area (Å²) in [5.41, 5.74) is 0.0533. The van der Waals surface area contributed by atoms with E-state index in [1.54, 1.807) is 18.2 Å². The maximum atomic E-state index is 14.4. The second-order valence-electron chi connectivity index (χ2n) is 7.39. The number of para-hydroxylation sites is 1. The number of benzene rings is 2. The Kier molecular flexibility index (Phi) is 10.5. The third-order valence-electron chi connectivity index (χ3n) is 4.97. The molecule has 0 spiro atoms. The second-order valence-corrected chi connectivity index (χ2v) is 7.39. The molecular formula is C23H31FIN3O3. The highest BCUT2D eigenvalue weighted by Gasteiger charge is 2.29. The zero-order valence-electron chi connectivity index (χ0n) is 17.8. The summed E-state index contributed by atoms with van der Waals surface area (Å²) < 4.78 is 25.3. The zero-order valence-corrected chi connectivity index (χ0v) is 20.1. The molecule has 2 aromatic carbocycles. The van der Waals surface area contributed by atoms with Crippen LogP contribution in [-0.2, 0) is 11.2 Å². The van der Waals surface area contributed by atoms with Gasteiger partial charge in [0.1, 0.15) is 5.75 Å². The molecule has 1 aliphatic heterocycles. The third-order valence-corrected chi connectivity index (χ3v) is 4.97. The van der Waals surface area contributed by atoms with Gasteiger partial charge in [0.2, 0.25) is 0 Å². The van der Waals surface area contributed by atoms with E-state index in [1.807, 2.05) is 31.2 Å². The normalized spacial score (nSPS) is 15.6. The summed E-state index contributed by atoms with van der Waals surface area (Å²) in [6.07, 6.45) is 1.81. The number of aliphatic imine (C=N–C) groups is 1. The summed E-state index contributed by atoms with van der Waals surface area (Å²) in [4.78, 5) is 4.51. The number of ether oxygens (including phenoxy) is 2. The second kappa shape index (κ2) is 12.8. The van der Waals surface area contributed by atoms with Gasteiger partial charge in [-0.3, -0.25) is 4.99 Å². The van der Waals surface area contributed by atoms with Gasteiger partial charge in [-0.05, 0) is 43.2 Å². The summed E-state index contributed by atoms with van der Waals surface area (Å²) in [6.45, 7) is 4.74. The fourth-order valence-electron chi connectivity index (χ4n) is 3.20. The highest BCUT2D eigenvalue weighted by atomic mass is 127. The van der Waals surface area contributed by atoms with Crippen molar-refractivity contribution < 1.29 is 19.0 Å². The minimum absolute atomic E-state index is 0. The minimum Gasteiger partial charge on any atom is -0.454 e. The topological polar surface area (TPSA) is 75.1 Å². The van der Waals surface area contributed by atoms with Crippen molar-refractivity contribution in [2.24, 2.45) is 4.99 Å². The first kappa shape index (κ1) is 25.4. The van der Waals surface area contributed by atoms with Gasteiger partial charge in [0.05, 0.1) is 12.1 Å². The number of nitrogens with zero attached hydrogens (tertiary/aromatic N) is 1. The molecule has 31 heavy (non-hydrogen) atoms. The molecule has 0 aromatic heterocycles. The Bertz CT molecular complexity index is 830. The van der Waals surface area contributed by atoms with Gasteiger partial charge in [0.15, 0.2) is 17.5 Å². The Labute approximate surface area is 200 Å². The van der Waals surface area contributed by atoms with Crippen LogP contribution in [0.5, 0.6) is 11.5 Å². The number of nitrogens with one attached hydrogen (secondary N) is 2. The summed E-state index contributed by atoms with van der Waals surface area (Å²) in [5.74, 6) is 1.06. The van der Waals surface area contributed by atoms with Crippen LogP contribution in [0.2, 0.25) is 0 Å². The minimum atomic E-state index is -0.807. The molecule has 0 unspecified atom stereocenters. The van der Waals surface area contributed by atoms with Gasteiger partial charge in [0, 0.05) is 39.1 Å². The first-order valence-corrected chi connectivity index (χ1v) is 10.4. The molecule has 0 bridgehead atoms. The number of aliphatic hydroxyl groups is 1. The van der Waals surface area contributed by atoms with Gasteiger partial charge in [0.25, 0.3) is 0 Å². The molecule has 3 N–H and O–H groups in total. The number of hydrogen-bond acceptors (Lipinski definition) is 4. The summed E-state index contributed by atoms with van der Waals surface area (Å²) in [7, 11) is 0. The van der Waals surface area contributed by atoms with Crippen LogP contribution in [0.4, 0.5) is 4.39 Å².